The van der Waals surface area contributed by atoms with Crippen LogP contribution < -0.4 is 5.32 Å². The second-order valence-electron chi connectivity index (χ2n) is 6.65. The largest absolute Gasteiger partial charge is 0.296 e. The normalized spacial score (nSPS) is 11.2. The molecule has 0 unspecified atom stereocenters. The molecule has 1 N–H and O–H groups in total. The minimum absolute atomic E-state index is 0.00868. The molecular weight excluding hydrogens is 422 g/mol. The van der Waals surface area contributed by atoms with E-state index in [0.717, 1.165) is 16.2 Å². The molecule has 0 aliphatic rings. The fourth-order valence-corrected chi connectivity index (χ4v) is 4.80. The van der Waals surface area contributed by atoms with Crippen LogP contribution in [0.4, 0.5) is 10.8 Å². The Morgan fingerprint density at radius 3 is 2.73 bits per heavy atom. The van der Waals surface area contributed by atoms with Gasteiger partial charge in [-0.2, -0.15) is 0 Å². The number of fused-ring (bicyclic) bond motifs is 2. The van der Waals surface area contributed by atoms with Crippen molar-refractivity contribution in [2.75, 3.05) is 5.32 Å². The van der Waals surface area contributed by atoms with Gasteiger partial charge in [0, 0.05) is 29.3 Å². The van der Waals surface area contributed by atoms with Gasteiger partial charge in [-0.15, -0.1) is 11.3 Å². The molecule has 3 heterocycles. The molecule has 3 aromatic heterocycles. The van der Waals surface area contributed by atoms with Gasteiger partial charge in [-0.25, -0.2) is 9.97 Å². The van der Waals surface area contributed by atoms with Crippen molar-refractivity contribution in [2.24, 2.45) is 0 Å². The van der Waals surface area contributed by atoms with E-state index in [1.807, 2.05) is 37.4 Å². The number of aromatic nitrogens is 3. The number of nitrogens with one attached hydrogen (secondary N) is 1. The Bertz CT molecular complexity index is 1430. The maximum absolute atomic E-state index is 12.8. The van der Waals surface area contributed by atoms with Crippen LogP contribution in [0.5, 0.6) is 0 Å². The van der Waals surface area contributed by atoms with Gasteiger partial charge in [0.15, 0.2) is 10.1 Å². The first kappa shape index (κ1) is 18.4. The van der Waals surface area contributed by atoms with Crippen LogP contribution in [-0.4, -0.2) is 25.2 Å². The van der Waals surface area contributed by atoms with E-state index in [1.54, 1.807) is 15.8 Å². The molecule has 5 rings (SSSR count). The van der Waals surface area contributed by atoms with E-state index >= 15 is 0 Å². The highest BCUT2D eigenvalue weighted by Crippen LogP contribution is 2.30. The van der Waals surface area contributed by atoms with Crippen LogP contribution in [0.3, 0.4) is 0 Å². The Labute approximate surface area is 177 Å². The molecule has 0 aliphatic carbocycles. The Kier molecular flexibility index (Phi) is 4.30. The summed E-state index contributed by atoms with van der Waals surface area (Å²) in [7, 11) is 0. The standard InChI is InChI=1S/C20H13N5O3S2/c1-11-2-4-12(5-3-11)15-9-24-16(10-29-20(24)22-15)18(26)23-19-21-14-7-6-13(25(27)28)8-17(14)30-19/h2-10H,1H3,(H,21,23,26). The molecule has 0 aliphatic heterocycles. The van der Waals surface area contributed by atoms with Gasteiger partial charge in [0.2, 0.25) is 0 Å². The fraction of sp³-hybridized carbons (Fsp3) is 0.0500. The molecule has 0 spiro atoms. The Balaban J connectivity index is 1.44. The van der Waals surface area contributed by atoms with Gasteiger partial charge in [0.05, 0.1) is 20.8 Å². The molecule has 148 valence electrons. The molecule has 0 atom stereocenters. The average Bonchev–Trinajstić information content (AvgIpc) is 3.40. The minimum atomic E-state index is -0.454. The zero-order valence-electron chi connectivity index (χ0n) is 15.5. The summed E-state index contributed by atoms with van der Waals surface area (Å²) in [5.74, 6) is -0.317. The number of anilines is 1. The first-order valence-corrected chi connectivity index (χ1v) is 10.6. The monoisotopic (exact) mass is 435 g/mol. The number of carbonyl (C=O) groups excluding carboxylic acids is 1. The number of benzene rings is 2. The number of nitro benzene ring substituents is 1. The highest BCUT2D eigenvalue weighted by molar-refractivity contribution is 7.22. The van der Waals surface area contributed by atoms with E-state index in [9.17, 15) is 14.9 Å². The summed E-state index contributed by atoms with van der Waals surface area (Å²) in [6, 6.07) is 12.5. The number of carbonyl (C=O) groups is 1. The SMILES string of the molecule is Cc1ccc(-c2cn3c(C(=O)Nc4nc5ccc([N+](=O)[O-])cc5s4)csc3n2)cc1. The molecule has 1 amide bonds. The lowest BCUT2D eigenvalue weighted by atomic mass is 10.1. The number of non-ortho nitro benzene ring substituents is 1. The maximum Gasteiger partial charge on any atom is 0.275 e. The lowest BCUT2D eigenvalue weighted by Crippen LogP contribution is -2.13. The van der Waals surface area contributed by atoms with Crippen molar-refractivity contribution in [3.8, 4) is 11.3 Å². The predicted octanol–water partition coefficient (Wildman–Crippen LogP) is 5.14. The van der Waals surface area contributed by atoms with Gasteiger partial charge in [-0.1, -0.05) is 41.2 Å². The molecule has 8 nitrogen and oxygen atoms in total. The quantitative estimate of drug-likeness (QED) is 0.311. The number of imidazole rings is 1. The zero-order chi connectivity index (χ0) is 20.8. The van der Waals surface area contributed by atoms with E-state index in [-0.39, 0.29) is 11.6 Å². The van der Waals surface area contributed by atoms with E-state index in [1.165, 1.54) is 40.4 Å². The van der Waals surface area contributed by atoms with Crippen LogP contribution in [0.2, 0.25) is 0 Å². The molecule has 0 saturated heterocycles. The zero-order valence-corrected chi connectivity index (χ0v) is 17.2. The Morgan fingerprint density at radius 2 is 1.97 bits per heavy atom. The molecule has 10 heteroatoms. The lowest BCUT2D eigenvalue weighted by molar-refractivity contribution is -0.384. The second kappa shape index (κ2) is 7.01. The summed E-state index contributed by atoms with van der Waals surface area (Å²) >= 11 is 2.57. The average molecular weight is 435 g/mol. The van der Waals surface area contributed by atoms with Gasteiger partial charge >= 0.3 is 0 Å². The number of hydrogen-bond donors (Lipinski definition) is 1. The van der Waals surface area contributed by atoms with Crippen molar-refractivity contribution in [3.05, 3.63) is 75.4 Å². The first-order valence-electron chi connectivity index (χ1n) is 8.88. The van der Waals surface area contributed by atoms with Crippen molar-refractivity contribution in [1.29, 1.82) is 0 Å². The van der Waals surface area contributed by atoms with Crippen LogP contribution in [0.1, 0.15) is 16.1 Å². The maximum atomic E-state index is 12.8. The molecule has 5 aromatic rings. The predicted molar refractivity (Wildman–Crippen MR) is 117 cm³/mol. The summed E-state index contributed by atoms with van der Waals surface area (Å²) < 4.78 is 2.40. The number of nitro groups is 1. The van der Waals surface area contributed by atoms with Gasteiger partial charge in [-0.05, 0) is 13.0 Å². The van der Waals surface area contributed by atoms with Crippen LogP contribution in [0.25, 0.3) is 26.4 Å². The Morgan fingerprint density at radius 1 is 1.17 bits per heavy atom. The summed E-state index contributed by atoms with van der Waals surface area (Å²) in [4.78, 5) is 33.0. The Hall–Kier alpha value is -3.63. The van der Waals surface area contributed by atoms with E-state index < -0.39 is 4.92 Å². The topological polar surface area (TPSA) is 102 Å². The molecular formula is C20H13N5O3S2. The van der Waals surface area contributed by atoms with Gasteiger partial charge in [0.25, 0.3) is 11.6 Å². The van der Waals surface area contributed by atoms with Crippen molar-refractivity contribution in [1.82, 2.24) is 14.4 Å². The molecule has 2 aromatic carbocycles. The lowest BCUT2D eigenvalue weighted by Gasteiger charge is -2.00. The summed E-state index contributed by atoms with van der Waals surface area (Å²) in [6.07, 6.45) is 1.84. The minimum Gasteiger partial charge on any atom is -0.296 e. The number of hydrogen-bond acceptors (Lipinski definition) is 7. The van der Waals surface area contributed by atoms with E-state index in [4.69, 9.17) is 0 Å². The second-order valence-corrected chi connectivity index (χ2v) is 8.52. The van der Waals surface area contributed by atoms with Crippen LogP contribution in [0.15, 0.2) is 54.0 Å². The van der Waals surface area contributed by atoms with Crippen LogP contribution >= 0.6 is 22.7 Å². The molecule has 30 heavy (non-hydrogen) atoms. The molecule has 0 radical (unpaired) electrons. The summed E-state index contributed by atoms with van der Waals surface area (Å²) in [5, 5.41) is 15.9. The smallest absolute Gasteiger partial charge is 0.275 e. The van der Waals surface area contributed by atoms with Crippen molar-refractivity contribution in [2.45, 2.75) is 6.92 Å². The number of thiazole rings is 2. The fourth-order valence-electron chi connectivity index (χ4n) is 3.05. The van der Waals surface area contributed by atoms with Crippen molar-refractivity contribution in [3.63, 3.8) is 0 Å². The number of aryl methyl sites for hydroxylation is 1. The highest BCUT2D eigenvalue weighted by Gasteiger charge is 2.17. The number of nitrogens with zero attached hydrogens (tertiary/aromatic N) is 4. The first-order chi connectivity index (χ1) is 14.5. The molecule has 0 bridgehead atoms. The third-order valence-corrected chi connectivity index (χ3v) is 6.37. The molecule has 0 saturated carbocycles. The summed E-state index contributed by atoms with van der Waals surface area (Å²) in [6.45, 7) is 2.03. The van der Waals surface area contributed by atoms with E-state index in [2.05, 4.69) is 15.3 Å². The van der Waals surface area contributed by atoms with Crippen LogP contribution in [0, 0.1) is 17.0 Å². The number of amides is 1. The van der Waals surface area contributed by atoms with Gasteiger partial charge in [0.1, 0.15) is 5.69 Å². The van der Waals surface area contributed by atoms with Crippen LogP contribution in [-0.2, 0) is 0 Å². The third kappa shape index (κ3) is 3.21. The third-order valence-electron chi connectivity index (χ3n) is 4.59. The highest BCUT2D eigenvalue weighted by atomic mass is 32.1. The van der Waals surface area contributed by atoms with E-state index in [0.29, 0.717) is 21.0 Å². The van der Waals surface area contributed by atoms with Crippen molar-refractivity contribution >= 4 is 54.6 Å². The van der Waals surface area contributed by atoms with Gasteiger partial charge < -0.3 is 0 Å². The van der Waals surface area contributed by atoms with Gasteiger partial charge in [-0.3, -0.25) is 24.6 Å². The van der Waals surface area contributed by atoms with Crippen molar-refractivity contribution < 1.29 is 9.72 Å². The molecule has 0 fully saturated rings. The number of rotatable bonds is 4. The summed E-state index contributed by atoms with van der Waals surface area (Å²) in [5.41, 5.74) is 3.98.